The minimum atomic E-state index is -0.750. The van der Waals surface area contributed by atoms with Crippen LogP contribution >= 0.6 is 0 Å². The van der Waals surface area contributed by atoms with E-state index in [1.807, 2.05) is 0 Å². The molecule has 1 aromatic carbocycles. The Bertz CT molecular complexity index is 763. The summed E-state index contributed by atoms with van der Waals surface area (Å²) in [5.74, 6) is -1.36. The number of amides is 4. The van der Waals surface area contributed by atoms with Crippen molar-refractivity contribution >= 4 is 29.6 Å². The van der Waals surface area contributed by atoms with Gasteiger partial charge in [0.2, 0.25) is 0 Å². The van der Waals surface area contributed by atoms with Crippen LogP contribution in [0.5, 0.6) is 0 Å². The molecule has 0 spiro atoms. The molecular weight excluding hydrogens is 326 g/mol. The van der Waals surface area contributed by atoms with Crippen molar-refractivity contribution in [1.29, 1.82) is 0 Å². The van der Waals surface area contributed by atoms with Crippen LogP contribution in [0.4, 0.5) is 10.5 Å². The molecule has 0 unspecified atom stereocenters. The molecule has 1 aromatic rings. The van der Waals surface area contributed by atoms with Crippen LogP contribution < -0.4 is 5.32 Å². The Hall–Kier alpha value is -3.03. The zero-order valence-electron chi connectivity index (χ0n) is 13.4. The van der Waals surface area contributed by atoms with Crippen molar-refractivity contribution in [1.82, 2.24) is 10.2 Å². The van der Waals surface area contributed by atoms with E-state index in [9.17, 15) is 24.5 Å². The van der Waals surface area contributed by atoms with Gasteiger partial charge < -0.3 is 0 Å². The molecule has 1 N–H and O–H groups in total. The Morgan fingerprint density at radius 2 is 1.72 bits per heavy atom. The first kappa shape index (κ1) is 16.8. The van der Waals surface area contributed by atoms with Crippen LogP contribution in [-0.2, 0) is 9.59 Å². The van der Waals surface area contributed by atoms with Crippen molar-refractivity contribution in [3.63, 3.8) is 0 Å². The number of benzene rings is 1. The predicted molar refractivity (Wildman–Crippen MR) is 88.3 cm³/mol. The van der Waals surface area contributed by atoms with Gasteiger partial charge in [0.1, 0.15) is 5.57 Å². The number of urea groups is 1. The first-order chi connectivity index (χ1) is 12.0. The number of hydrogen-bond donors (Lipinski definition) is 1. The molecule has 1 saturated heterocycles. The van der Waals surface area contributed by atoms with Crippen LogP contribution in [0.15, 0.2) is 29.8 Å². The predicted octanol–water partition coefficient (Wildman–Crippen LogP) is 2.39. The highest BCUT2D eigenvalue weighted by Gasteiger charge is 2.40. The molecule has 1 aliphatic heterocycles. The third-order valence-electron chi connectivity index (χ3n) is 4.49. The minimum Gasteiger partial charge on any atom is -0.273 e. The van der Waals surface area contributed by atoms with Crippen LogP contribution in [0.25, 0.3) is 6.08 Å². The van der Waals surface area contributed by atoms with Crippen LogP contribution in [0.3, 0.4) is 0 Å². The Labute approximate surface area is 143 Å². The Morgan fingerprint density at radius 1 is 1.08 bits per heavy atom. The highest BCUT2D eigenvalue weighted by molar-refractivity contribution is 6.31. The van der Waals surface area contributed by atoms with Crippen LogP contribution in [0, 0.1) is 10.1 Å². The molecule has 1 aliphatic carbocycles. The summed E-state index contributed by atoms with van der Waals surface area (Å²) < 4.78 is 0. The summed E-state index contributed by atoms with van der Waals surface area (Å²) in [6, 6.07) is 4.61. The molecule has 4 amide bonds. The fourth-order valence-corrected chi connectivity index (χ4v) is 3.20. The third-order valence-corrected chi connectivity index (χ3v) is 4.49. The first-order valence-electron chi connectivity index (χ1n) is 8.12. The molecule has 2 fully saturated rings. The van der Waals surface area contributed by atoms with Gasteiger partial charge in [0.15, 0.2) is 0 Å². The van der Waals surface area contributed by atoms with Crippen LogP contribution in [-0.4, -0.2) is 33.7 Å². The second-order valence-electron chi connectivity index (χ2n) is 6.13. The van der Waals surface area contributed by atoms with Gasteiger partial charge in [-0.25, -0.2) is 4.79 Å². The highest BCUT2D eigenvalue weighted by atomic mass is 16.6. The zero-order chi connectivity index (χ0) is 18.0. The molecule has 3 rings (SSSR count). The molecule has 25 heavy (non-hydrogen) atoms. The largest absolute Gasteiger partial charge is 0.331 e. The first-order valence-corrected chi connectivity index (χ1v) is 8.12. The fourth-order valence-electron chi connectivity index (χ4n) is 3.20. The van der Waals surface area contributed by atoms with Crippen molar-refractivity contribution in [2.24, 2.45) is 0 Å². The monoisotopic (exact) mass is 343 g/mol. The highest BCUT2D eigenvalue weighted by Crippen LogP contribution is 2.26. The number of barbiturate groups is 1. The zero-order valence-corrected chi connectivity index (χ0v) is 13.4. The number of imide groups is 2. The van der Waals surface area contributed by atoms with Crippen molar-refractivity contribution in [3.05, 3.63) is 45.5 Å². The molecule has 8 nitrogen and oxygen atoms in total. The molecule has 8 heteroatoms. The summed E-state index contributed by atoms with van der Waals surface area (Å²) >= 11 is 0. The number of carbonyl (C=O) groups is 3. The molecule has 1 heterocycles. The van der Waals surface area contributed by atoms with E-state index < -0.39 is 22.8 Å². The summed E-state index contributed by atoms with van der Waals surface area (Å²) in [4.78, 5) is 48.2. The second-order valence-corrected chi connectivity index (χ2v) is 6.13. The van der Waals surface area contributed by atoms with E-state index in [1.54, 1.807) is 0 Å². The summed E-state index contributed by atoms with van der Waals surface area (Å²) in [6.07, 6.45) is 5.78. The van der Waals surface area contributed by atoms with E-state index in [0.717, 1.165) is 37.0 Å². The number of nitrogens with one attached hydrogen (secondary N) is 1. The summed E-state index contributed by atoms with van der Waals surface area (Å²) in [6.45, 7) is 0. The molecule has 1 saturated carbocycles. The molecule has 2 aliphatic rings. The minimum absolute atomic E-state index is 0.0828. The van der Waals surface area contributed by atoms with E-state index in [2.05, 4.69) is 5.32 Å². The van der Waals surface area contributed by atoms with Crippen molar-refractivity contribution < 1.29 is 19.3 Å². The van der Waals surface area contributed by atoms with Gasteiger partial charge in [-0.15, -0.1) is 0 Å². The van der Waals surface area contributed by atoms with Crippen molar-refractivity contribution in [2.45, 2.75) is 38.1 Å². The van der Waals surface area contributed by atoms with Gasteiger partial charge in [0.05, 0.1) is 4.92 Å². The van der Waals surface area contributed by atoms with E-state index in [4.69, 9.17) is 0 Å². The molecule has 0 aromatic heterocycles. The topological polar surface area (TPSA) is 110 Å². The summed E-state index contributed by atoms with van der Waals surface area (Å²) in [5.41, 5.74) is 0.252. The van der Waals surface area contributed by atoms with Gasteiger partial charge in [0.25, 0.3) is 17.5 Å². The number of non-ortho nitro benzene ring substituents is 1. The quantitative estimate of drug-likeness (QED) is 0.392. The SMILES string of the molecule is O=C1NC(=O)N(C2CCCCC2)C(=O)C1=Cc1ccc([N+](=O)[O-])cc1. The Balaban J connectivity index is 1.88. The van der Waals surface area contributed by atoms with E-state index >= 15 is 0 Å². The van der Waals surface area contributed by atoms with Crippen LogP contribution in [0.2, 0.25) is 0 Å². The maximum Gasteiger partial charge on any atom is 0.331 e. The van der Waals surface area contributed by atoms with Crippen molar-refractivity contribution in [3.8, 4) is 0 Å². The number of carbonyl (C=O) groups excluding carboxylic acids is 3. The lowest BCUT2D eigenvalue weighted by molar-refractivity contribution is -0.384. The van der Waals surface area contributed by atoms with Gasteiger partial charge in [-0.1, -0.05) is 19.3 Å². The maximum absolute atomic E-state index is 12.7. The van der Waals surface area contributed by atoms with Gasteiger partial charge in [-0.2, -0.15) is 0 Å². The van der Waals surface area contributed by atoms with Gasteiger partial charge in [-0.05, 0) is 36.6 Å². The summed E-state index contributed by atoms with van der Waals surface area (Å²) in [7, 11) is 0. The number of nitro groups is 1. The average molecular weight is 343 g/mol. The lowest BCUT2D eigenvalue weighted by Crippen LogP contribution is -2.58. The molecule has 0 atom stereocenters. The second kappa shape index (κ2) is 6.84. The van der Waals surface area contributed by atoms with Gasteiger partial charge in [0, 0.05) is 18.2 Å². The molecule has 0 radical (unpaired) electrons. The van der Waals surface area contributed by atoms with E-state index in [-0.39, 0.29) is 17.3 Å². The number of rotatable bonds is 3. The Kier molecular flexibility index (Phi) is 4.60. The van der Waals surface area contributed by atoms with Gasteiger partial charge >= 0.3 is 6.03 Å². The normalized spacial score (nSPS) is 20.7. The number of nitro benzene ring substituents is 1. The third kappa shape index (κ3) is 3.42. The maximum atomic E-state index is 12.7. The average Bonchev–Trinajstić information content (AvgIpc) is 2.60. The Morgan fingerprint density at radius 3 is 2.32 bits per heavy atom. The lowest BCUT2D eigenvalue weighted by Gasteiger charge is -2.35. The summed E-state index contributed by atoms with van der Waals surface area (Å²) in [5, 5.41) is 12.9. The molecule has 0 bridgehead atoms. The lowest BCUT2D eigenvalue weighted by atomic mass is 9.93. The molecular formula is C17H17N3O5. The standard InChI is InChI=1S/C17H17N3O5/c21-15-14(10-11-6-8-13(9-7-11)20(24)25)16(22)19(17(23)18-15)12-4-2-1-3-5-12/h6-10,12H,1-5H2,(H,18,21,23). The number of nitrogens with zero attached hydrogens (tertiary/aromatic N) is 2. The van der Waals surface area contributed by atoms with Crippen LogP contribution in [0.1, 0.15) is 37.7 Å². The van der Waals surface area contributed by atoms with Crippen molar-refractivity contribution in [2.75, 3.05) is 0 Å². The number of hydrogen-bond acceptors (Lipinski definition) is 5. The fraction of sp³-hybridized carbons (Fsp3) is 0.353. The smallest absolute Gasteiger partial charge is 0.273 e. The van der Waals surface area contributed by atoms with E-state index in [1.165, 1.54) is 30.3 Å². The molecule has 130 valence electrons. The van der Waals surface area contributed by atoms with Gasteiger partial charge in [-0.3, -0.25) is 29.9 Å². The van der Waals surface area contributed by atoms with E-state index in [0.29, 0.717) is 5.56 Å².